The van der Waals surface area contributed by atoms with E-state index < -0.39 is 11.5 Å². The molecule has 0 aromatic heterocycles. The molecule has 0 amide bonds. The zero-order chi connectivity index (χ0) is 11.6. The predicted octanol–water partition coefficient (Wildman–Crippen LogP) is 3.34. The molecule has 1 N–H and O–H groups in total. The summed E-state index contributed by atoms with van der Waals surface area (Å²) in [5.41, 5.74) is 1.11. The molecule has 0 bridgehead atoms. The highest BCUT2D eigenvalue weighted by Gasteiger charge is 2.29. The molecule has 0 spiro atoms. The van der Waals surface area contributed by atoms with E-state index in [1.165, 1.54) is 0 Å². The van der Waals surface area contributed by atoms with Crippen LogP contribution in [0, 0.1) is 23.7 Å². The standard InChI is InChI=1S/C12H14BrNO/c1-8-4-5-9(6-10(8)13)11(15)12(2,3)7-14/h4-6,11,15H,1-3H3. The van der Waals surface area contributed by atoms with Crippen LogP contribution in [0.25, 0.3) is 0 Å². The van der Waals surface area contributed by atoms with Gasteiger partial charge in [-0.25, -0.2) is 0 Å². The predicted molar refractivity (Wildman–Crippen MR) is 63.2 cm³/mol. The molecule has 1 rings (SSSR count). The Bertz CT molecular complexity index is 407. The number of benzene rings is 1. The molecular formula is C12H14BrNO. The van der Waals surface area contributed by atoms with Crippen molar-refractivity contribution in [3.8, 4) is 6.07 Å². The van der Waals surface area contributed by atoms with Crippen molar-refractivity contribution in [2.75, 3.05) is 0 Å². The number of nitriles is 1. The van der Waals surface area contributed by atoms with Crippen molar-refractivity contribution in [3.63, 3.8) is 0 Å². The van der Waals surface area contributed by atoms with Crippen LogP contribution in [-0.2, 0) is 0 Å². The van der Waals surface area contributed by atoms with Crippen LogP contribution in [0.15, 0.2) is 22.7 Å². The number of nitrogens with zero attached hydrogens (tertiary/aromatic N) is 1. The third-order valence-electron chi connectivity index (χ3n) is 2.48. The summed E-state index contributed by atoms with van der Waals surface area (Å²) in [4.78, 5) is 0. The van der Waals surface area contributed by atoms with Gasteiger partial charge in [0.05, 0.1) is 17.6 Å². The Balaban J connectivity index is 3.08. The molecule has 1 atom stereocenters. The van der Waals surface area contributed by atoms with Gasteiger partial charge in [0.1, 0.15) is 0 Å². The first kappa shape index (κ1) is 12.2. The Morgan fingerprint density at radius 1 is 1.47 bits per heavy atom. The van der Waals surface area contributed by atoms with E-state index in [4.69, 9.17) is 5.26 Å². The van der Waals surface area contributed by atoms with E-state index in [1.807, 2.05) is 25.1 Å². The zero-order valence-corrected chi connectivity index (χ0v) is 10.7. The van der Waals surface area contributed by atoms with Crippen LogP contribution in [0.3, 0.4) is 0 Å². The van der Waals surface area contributed by atoms with Crippen LogP contribution < -0.4 is 0 Å². The third-order valence-corrected chi connectivity index (χ3v) is 3.34. The van der Waals surface area contributed by atoms with Gasteiger partial charge >= 0.3 is 0 Å². The molecule has 2 nitrogen and oxygen atoms in total. The van der Waals surface area contributed by atoms with E-state index in [0.717, 1.165) is 15.6 Å². The molecule has 0 fully saturated rings. The summed E-state index contributed by atoms with van der Waals surface area (Å²) in [6.45, 7) is 5.44. The van der Waals surface area contributed by atoms with Gasteiger partial charge in [0.25, 0.3) is 0 Å². The molecule has 0 heterocycles. The van der Waals surface area contributed by atoms with Crippen LogP contribution in [0.5, 0.6) is 0 Å². The number of aliphatic hydroxyl groups excluding tert-OH is 1. The summed E-state index contributed by atoms with van der Waals surface area (Å²) in [5, 5.41) is 18.9. The van der Waals surface area contributed by atoms with E-state index in [0.29, 0.717) is 0 Å². The highest BCUT2D eigenvalue weighted by Crippen LogP contribution is 2.34. The molecule has 0 aliphatic rings. The van der Waals surface area contributed by atoms with Gasteiger partial charge in [-0.3, -0.25) is 0 Å². The normalized spacial score (nSPS) is 13.3. The van der Waals surface area contributed by atoms with Crippen LogP contribution in [-0.4, -0.2) is 5.11 Å². The van der Waals surface area contributed by atoms with Crippen LogP contribution in [0.1, 0.15) is 31.1 Å². The molecule has 0 saturated heterocycles. The molecule has 1 aromatic rings. The molecule has 0 radical (unpaired) electrons. The molecule has 0 saturated carbocycles. The number of rotatable bonds is 2. The van der Waals surface area contributed by atoms with Crippen molar-refractivity contribution in [3.05, 3.63) is 33.8 Å². The summed E-state index contributed by atoms with van der Waals surface area (Å²) in [7, 11) is 0. The Morgan fingerprint density at radius 3 is 2.53 bits per heavy atom. The number of halogens is 1. The smallest absolute Gasteiger partial charge is 0.0971 e. The topological polar surface area (TPSA) is 44.0 Å². The molecule has 3 heteroatoms. The lowest BCUT2D eigenvalue weighted by Gasteiger charge is -2.23. The molecular weight excluding hydrogens is 254 g/mol. The average molecular weight is 268 g/mol. The highest BCUT2D eigenvalue weighted by atomic mass is 79.9. The summed E-state index contributed by atoms with van der Waals surface area (Å²) in [6, 6.07) is 7.75. The van der Waals surface area contributed by atoms with Gasteiger partial charge < -0.3 is 5.11 Å². The Morgan fingerprint density at radius 2 is 2.07 bits per heavy atom. The molecule has 15 heavy (non-hydrogen) atoms. The maximum Gasteiger partial charge on any atom is 0.0971 e. The van der Waals surface area contributed by atoms with Crippen LogP contribution in [0.2, 0.25) is 0 Å². The lowest BCUT2D eigenvalue weighted by molar-refractivity contribution is 0.0867. The SMILES string of the molecule is Cc1ccc(C(O)C(C)(C)C#N)cc1Br. The Kier molecular flexibility index (Phi) is 3.54. The number of aliphatic hydroxyl groups is 1. The first-order valence-corrected chi connectivity index (χ1v) is 5.53. The van der Waals surface area contributed by atoms with Gasteiger partial charge in [-0.1, -0.05) is 28.1 Å². The second-order valence-electron chi connectivity index (χ2n) is 4.24. The second kappa shape index (κ2) is 4.34. The quantitative estimate of drug-likeness (QED) is 0.893. The first-order valence-electron chi connectivity index (χ1n) is 4.74. The molecule has 80 valence electrons. The van der Waals surface area contributed by atoms with Gasteiger partial charge in [-0.2, -0.15) is 5.26 Å². The van der Waals surface area contributed by atoms with E-state index in [1.54, 1.807) is 13.8 Å². The van der Waals surface area contributed by atoms with E-state index in [2.05, 4.69) is 22.0 Å². The lowest BCUT2D eigenvalue weighted by Crippen LogP contribution is -2.19. The van der Waals surface area contributed by atoms with Crippen LogP contribution in [0.4, 0.5) is 0 Å². The van der Waals surface area contributed by atoms with Crippen molar-refractivity contribution in [2.45, 2.75) is 26.9 Å². The maximum atomic E-state index is 10.0. The molecule has 1 unspecified atom stereocenters. The average Bonchev–Trinajstić information content (AvgIpc) is 2.21. The van der Waals surface area contributed by atoms with Gasteiger partial charge in [0.2, 0.25) is 0 Å². The van der Waals surface area contributed by atoms with Crippen LogP contribution >= 0.6 is 15.9 Å². The van der Waals surface area contributed by atoms with Crippen molar-refractivity contribution in [1.82, 2.24) is 0 Å². The molecule has 1 aromatic carbocycles. The second-order valence-corrected chi connectivity index (χ2v) is 5.10. The van der Waals surface area contributed by atoms with E-state index >= 15 is 0 Å². The molecule has 0 aliphatic heterocycles. The van der Waals surface area contributed by atoms with Crippen molar-refractivity contribution in [1.29, 1.82) is 5.26 Å². The Labute approximate surface area is 98.7 Å². The summed E-state index contributed by atoms with van der Waals surface area (Å²) in [6.07, 6.45) is -0.764. The first-order chi connectivity index (χ1) is 6.88. The fraction of sp³-hybridized carbons (Fsp3) is 0.417. The van der Waals surface area contributed by atoms with Crippen molar-refractivity contribution < 1.29 is 5.11 Å². The number of hydrogen-bond donors (Lipinski definition) is 1. The van der Waals surface area contributed by atoms with E-state index in [-0.39, 0.29) is 0 Å². The summed E-state index contributed by atoms with van der Waals surface area (Å²) in [5.74, 6) is 0. The lowest BCUT2D eigenvalue weighted by atomic mass is 9.84. The van der Waals surface area contributed by atoms with Gasteiger partial charge in [0, 0.05) is 4.47 Å². The van der Waals surface area contributed by atoms with Gasteiger partial charge in [-0.15, -0.1) is 0 Å². The summed E-state index contributed by atoms with van der Waals surface area (Å²) < 4.78 is 0.952. The fourth-order valence-electron chi connectivity index (χ4n) is 1.26. The minimum atomic E-state index is -0.769. The van der Waals surface area contributed by atoms with Gasteiger partial charge in [0.15, 0.2) is 0 Å². The minimum Gasteiger partial charge on any atom is -0.387 e. The third kappa shape index (κ3) is 2.58. The number of aryl methyl sites for hydroxylation is 1. The van der Waals surface area contributed by atoms with E-state index in [9.17, 15) is 5.11 Å². The number of hydrogen-bond acceptors (Lipinski definition) is 2. The summed E-state index contributed by atoms with van der Waals surface area (Å²) >= 11 is 3.41. The van der Waals surface area contributed by atoms with Crippen molar-refractivity contribution in [2.24, 2.45) is 5.41 Å². The Hall–Kier alpha value is -0.850. The monoisotopic (exact) mass is 267 g/mol. The zero-order valence-electron chi connectivity index (χ0n) is 9.08. The minimum absolute atomic E-state index is 0.763. The van der Waals surface area contributed by atoms with Crippen molar-refractivity contribution >= 4 is 15.9 Å². The largest absolute Gasteiger partial charge is 0.387 e. The maximum absolute atomic E-state index is 10.0. The fourth-order valence-corrected chi connectivity index (χ4v) is 1.65. The van der Waals surface area contributed by atoms with Gasteiger partial charge in [-0.05, 0) is 38.0 Å². The highest BCUT2D eigenvalue weighted by molar-refractivity contribution is 9.10. The molecule has 0 aliphatic carbocycles.